The van der Waals surface area contributed by atoms with Crippen molar-refractivity contribution >= 4 is 11.8 Å². The normalized spacial score (nSPS) is 31.9. The molecule has 0 aromatic heterocycles. The molecule has 1 saturated carbocycles. The minimum absolute atomic E-state index is 0.0292. The molecule has 0 spiro atoms. The zero-order chi connectivity index (χ0) is 14.5. The third-order valence-corrected chi connectivity index (χ3v) is 4.91. The summed E-state index contributed by atoms with van der Waals surface area (Å²) in [5.74, 6) is 1.01. The minimum atomic E-state index is -0.293. The molecule has 4 nitrogen and oxygen atoms in total. The van der Waals surface area contributed by atoms with Gasteiger partial charge < -0.3 is 10.2 Å². The number of nitrogens with one attached hydrogen (secondary N) is 1. The summed E-state index contributed by atoms with van der Waals surface area (Å²) < 4.78 is 0. The van der Waals surface area contributed by atoms with E-state index in [1.807, 2.05) is 4.90 Å². The van der Waals surface area contributed by atoms with E-state index in [2.05, 4.69) is 19.2 Å². The highest BCUT2D eigenvalue weighted by Crippen LogP contribution is 2.30. The van der Waals surface area contributed by atoms with Crippen molar-refractivity contribution in [1.82, 2.24) is 10.2 Å². The van der Waals surface area contributed by atoms with Gasteiger partial charge in [0.15, 0.2) is 0 Å². The summed E-state index contributed by atoms with van der Waals surface area (Å²) in [5.41, 5.74) is 0. The van der Waals surface area contributed by atoms with E-state index >= 15 is 0 Å². The van der Waals surface area contributed by atoms with Crippen molar-refractivity contribution in [3.63, 3.8) is 0 Å². The lowest BCUT2D eigenvalue weighted by atomic mass is 9.83. The molecule has 0 radical (unpaired) electrons. The molecule has 1 unspecified atom stereocenters. The molecule has 1 aliphatic carbocycles. The molecule has 1 heterocycles. The Hall–Kier alpha value is -1.06. The monoisotopic (exact) mass is 280 g/mol. The van der Waals surface area contributed by atoms with Crippen molar-refractivity contribution in [3.05, 3.63) is 0 Å². The van der Waals surface area contributed by atoms with E-state index in [0.717, 1.165) is 31.6 Å². The fraction of sp³-hybridized carbons (Fsp3) is 0.875. The largest absolute Gasteiger partial charge is 0.344 e. The maximum atomic E-state index is 12.6. The number of hydrogen-bond donors (Lipinski definition) is 1. The highest BCUT2D eigenvalue weighted by Gasteiger charge is 2.34. The van der Waals surface area contributed by atoms with Crippen molar-refractivity contribution < 1.29 is 9.59 Å². The average Bonchev–Trinajstić information content (AvgIpc) is 2.60. The van der Waals surface area contributed by atoms with Gasteiger partial charge in [-0.05, 0) is 38.0 Å². The van der Waals surface area contributed by atoms with Crippen molar-refractivity contribution in [2.24, 2.45) is 5.92 Å². The van der Waals surface area contributed by atoms with Crippen LogP contribution in [0.1, 0.15) is 65.2 Å². The van der Waals surface area contributed by atoms with Gasteiger partial charge in [-0.25, -0.2) is 0 Å². The van der Waals surface area contributed by atoms with Crippen LogP contribution in [0.15, 0.2) is 0 Å². The van der Waals surface area contributed by atoms with Gasteiger partial charge in [0.2, 0.25) is 11.8 Å². The molecule has 1 saturated heterocycles. The number of carbonyl (C=O) groups is 2. The van der Waals surface area contributed by atoms with Gasteiger partial charge in [0.1, 0.15) is 6.04 Å². The maximum absolute atomic E-state index is 12.6. The van der Waals surface area contributed by atoms with E-state index in [1.165, 1.54) is 19.3 Å². The Kier molecular flexibility index (Phi) is 5.44. The predicted molar refractivity (Wildman–Crippen MR) is 79.2 cm³/mol. The first kappa shape index (κ1) is 15.3. The van der Waals surface area contributed by atoms with Crippen LogP contribution in [-0.4, -0.2) is 35.3 Å². The van der Waals surface area contributed by atoms with Crippen molar-refractivity contribution in [2.75, 3.05) is 6.54 Å². The van der Waals surface area contributed by atoms with Gasteiger partial charge in [0.05, 0.1) is 0 Å². The molecule has 2 fully saturated rings. The molecule has 1 aliphatic heterocycles. The molecule has 20 heavy (non-hydrogen) atoms. The van der Waals surface area contributed by atoms with Crippen molar-refractivity contribution in [3.8, 4) is 0 Å². The first-order valence-corrected chi connectivity index (χ1v) is 8.25. The van der Waals surface area contributed by atoms with Crippen LogP contribution in [0.4, 0.5) is 0 Å². The number of nitrogens with zero attached hydrogens (tertiary/aromatic N) is 1. The van der Waals surface area contributed by atoms with Crippen LogP contribution in [0.3, 0.4) is 0 Å². The molecule has 1 atom stereocenters. The van der Waals surface area contributed by atoms with Gasteiger partial charge in [-0.1, -0.05) is 26.7 Å². The summed E-state index contributed by atoms with van der Waals surface area (Å²) in [4.78, 5) is 26.4. The van der Waals surface area contributed by atoms with Crippen LogP contribution in [-0.2, 0) is 9.59 Å². The molecule has 114 valence electrons. The number of amides is 2. The van der Waals surface area contributed by atoms with Gasteiger partial charge in [0.25, 0.3) is 0 Å². The summed E-state index contributed by atoms with van der Waals surface area (Å²) in [6, 6.07) is 0.0660. The molecule has 2 aliphatic rings. The fourth-order valence-electron chi connectivity index (χ4n) is 3.57. The second-order valence-electron chi connectivity index (χ2n) is 6.27. The van der Waals surface area contributed by atoms with Gasteiger partial charge in [0, 0.05) is 19.0 Å². The molecule has 0 aromatic rings. The van der Waals surface area contributed by atoms with E-state index in [1.54, 1.807) is 0 Å². The van der Waals surface area contributed by atoms with Crippen LogP contribution >= 0.6 is 0 Å². The van der Waals surface area contributed by atoms with Crippen LogP contribution in [0.2, 0.25) is 0 Å². The Bertz CT molecular complexity index is 348. The molecule has 2 rings (SSSR count). The third kappa shape index (κ3) is 3.53. The van der Waals surface area contributed by atoms with Crippen LogP contribution in [0.5, 0.6) is 0 Å². The van der Waals surface area contributed by atoms with Crippen molar-refractivity contribution in [1.29, 1.82) is 0 Å². The van der Waals surface area contributed by atoms with Crippen LogP contribution in [0.25, 0.3) is 0 Å². The average molecular weight is 280 g/mol. The molecule has 0 aromatic carbocycles. The van der Waals surface area contributed by atoms with E-state index in [-0.39, 0.29) is 17.9 Å². The summed E-state index contributed by atoms with van der Waals surface area (Å²) in [6.07, 6.45) is 8.06. The molecular weight excluding hydrogens is 252 g/mol. The van der Waals surface area contributed by atoms with Gasteiger partial charge >= 0.3 is 0 Å². The van der Waals surface area contributed by atoms with E-state index in [0.29, 0.717) is 19.0 Å². The summed E-state index contributed by atoms with van der Waals surface area (Å²) in [7, 11) is 0. The zero-order valence-corrected chi connectivity index (χ0v) is 12.9. The maximum Gasteiger partial charge on any atom is 0.245 e. The summed E-state index contributed by atoms with van der Waals surface area (Å²) >= 11 is 0. The lowest BCUT2D eigenvalue weighted by molar-refractivity contribution is -0.136. The Morgan fingerprint density at radius 2 is 1.85 bits per heavy atom. The number of carbonyl (C=O) groups excluding carboxylic acids is 2. The summed E-state index contributed by atoms with van der Waals surface area (Å²) in [6.45, 7) is 4.91. The summed E-state index contributed by atoms with van der Waals surface area (Å²) in [5, 5.41) is 2.89. The Balaban J connectivity index is 2.02. The molecular formula is C16H28N2O2. The van der Waals surface area contributed by atoms with E-state index in [4.69, 9.17) is 0 Å². The molecule has 1 N–H and O–H groups in total. The first-order valence-electron chi connectivity index (χ1n) is 8.25. The van der Waals surface area contributed by atoms with Gasteiger partial charge in [-0.2, -0.15) is 0 Å². The lowest BCUT2D eigenvalue weighted by Crippen LogP contribution is -2.49. The highest BCUT2D eigenvalue weighted by atomic mass is 16.2. The standard InChI is InChI=1S/C16H28N2O2/c1-3-5-14-16(20)18(11-10-15(19)17-14)13-8-6-12(4-2)7-9-13/h12-14H,3-11H2,1-2H3,(H,17,19). The van der Waals surface area contributed by atoms with Gasteiger partial charge in [-0.15, -0.1) is 0 Å². The highest BCUT2D eigenvalue weighted by molar-refractivity contribution is 5.90. The molecule has 4 heteroatoms. The van der Waals surface area contributed by atoms with Gasteiger partial charge in [-0.3, -0.25) is 9.59 Å². The Morgan fingerprint density at radius 1 is 1.15 bits per heavy atom. The van der Waals surface area contributed by atoms with Crippen LogP contribution < -0.4 is 5.32 Å². The Labute approximate surface area is 122 Å². The second-order valence-corrected chi connectivity index (χ2v) is 6.27. The Morgan fingerprint density at radius 3 is 2.45 bits per heavy atom. The molecule has 2 amide bonds. The number of hydrogen-bond acceptors (Lipinski definition) is 2. The topological polar surface area (TPSA) is 49.4 Å². The molecule has 0 bridgehead atoms. The predicted octanol–water partition coefficient (Wildman–Crippen LogP) is 2.47. The first-order chi connectivity index (χ1) is 9.65. The SMILES string of the molecule is CCCC1NC(=O)CCN(C2CCC(CC)CC2)C1=O. The quantitative estimate of drug-likeness (QED) is 0.860. The van der Waals surface area contributed by atoms with Crippen LogP contribution in [0, 0.1) is 5.92 Å². The minimum Gasteiger partial charge on any atom is -0.344 e. The number of rotatable bonds is 4. The zero-order valence-electron chi connectivity index (χ0n) is 12.9. The third-order valence-electron chi connectivity index (χ3n) is 4.91. The fourth-order valence-corrected chi connectivity index (χ4v) is 3.57. The van der Waals surface area contributed by atoms with Crippen molar-refractivity contribution in [2.45, 2.75) is 77.3 Å². The smallest absolute Gasteiger partial charge is 0.245 e. The van der Waals surface area contributed by atoms with E-state index in [9.17, 15) is 9.59 Å². The second kappa shape index (κ2) is 7.09. The lowest BCUT2D eigenvalue weighted by Gasteiger charge is -2.37. The van der Waals surface area contributed by atoms with E-state index < -0.39 is 0 Å².